The molecule has 2 N–H and O–H groups in total. The van der Waals surface area contributed by atoms with E-state index >= 15 is 0 Å². The van der Waals surface area contributed by atoms with Crippen LogP contribution in [0.15, 0.2) is 5.38 Å². The van der Waals surface area contributed by atoms with E-state index in [1.807, 2.05) is 12.3 Å². The van der Waals surface area contributed by atoms with Crippen molar-refractivity contribution in [2.75, 3.05) is 0 Å². The molecule has 0 spiro atoms. The lowest BCUT2D eigenvalue weighted by Crippen LogP contribution is -2.36. The van der Waals surface area contributed by atoms with Gasteiger partial charge in [-0.25, -0.2) is 0 Å². The number of amides is 1. The Balaban J connectivity index is 2.06. The van der Waals surface area contributed by atoms with Crippen LogP contribution in [0, 0.1) is 0 Å². The molecule has 20 heavy (non-hydrogen) atoms. The highest BCUT2D eigenvalue weighted by Crippen LogP contribution is 2.30. The number of carbonyl (C=O) groups excluding carboxylic acids is 1. The van der Waals surface area contributed by atoms with Crippen molar-refractivity contribution in [1.82, 2.24) is 5.32 Å². The Hall–Kier alpha value is -1.36. The minimum Gasteiger partial charge on any atom is -0.481 e. The lowest BCUT2D eigenvalue weighted by molar-refractivity contribution is -0.137. The van der Waals surface area contributed by atoms with Gasteiger partial charge in [-0.3, -0.25) is 9.59 Å². The lowest BCUT2D eigenvalue weighted by Gasteiger charge is -2.17. The highest BCUT2D eigenvalue weighted by molar-refractivity contribution is 7.10. The molecule has 110 valence electrons. The van der Waals surface area contributed by atoms with Gasteiger partial charge in [-0.15, -0.1) is 11.3 Å². The van der Waals surface area contributed by atoms with Gasteiger partial charge >= 0.3 is 5.97 Å². The SMILES string of the molecule is CCCC(CC(=O)O)NC(=O)c1csc2c1CCCC2. The smallest absolute Gasteiger partial charge is 0.305 e. The molecular weight excluding hydrogens is 274 g/mol. The second-order valence-electron chi connectivity index (χ2n) is 5.32. The van der Waals surface area contributed by atoms with Crippen LogP contribution in [-0.4, -0.2) is 23.0 Å². The molecule has 0 saturated heterocycles. The van der Waals surface area contributed by atoms with E-state index < -0.39 is 5.97 Å². The molecule has 0 bridgehead atoms. The summed E-state index contributed by atoms with van der Waals surface area (Å²) in [6.45, 7) is 1.99. The van der Waals surface area contributed by atoms with Gasteiger partial charge in [-0.1, -0.05) is 13.3 Å². The molecule has 1 aromatic heterocycles. The molecule has 1 heterocycles. The quantitative estimate of drug-likeness (QED) is 0.848. The largest absolute Gasteiger partial charge is 0.481 e. The molecule has 0 radical (unpaired) electrons. The Kier molecular flexibility index (Phi) is 5.17. The number of rotatable bonds is 6. The fourth-order valence-corrected chi connectivity index (χ4v) is 3.86. The first-order valence-corrected chi connectivity index (χ1v) is 8.11. The summed E-state index contributed by atoms with van der Waals surface area (Å²) in [4.78, 5) is 24.5. The summed E-state index contributed by atoms with van der Waals surface area (Å²) in [6.07, 6.45) is 5.93. The maximum Gasteiger partial charge on any atom is 0.305 e. The summed E-state index contributed by atoms with van der Waals surface area (Å²) in [5, 5.41) is 13.7. The fourth-order valence-electron chi connectivity index (χ4n) is 2.73. The number of hydrogen-bond acceptors (Lipinski definition) is 3. The van der Waals surface area contributed by atoms with E-state index in [2.05, 4.69) is 5.32 Å². The molecule has 5 heteroatoms. The van der Waals surface area contributed by atoms with Crippen LogP contribution < -0.4 is 5.32 Å². The van der Waals surface area contributed by atoms with Gasteiger partial charge in [0.15, 0.2) is 0 Å². The molecule has 1 aliphatic rings. The van der Waals surface area contributed by atoms with E-state index in [0.717, 1.165) is 31.2 Å². The first kappa shape index (κ1) is 15.0. The van der Waals surface area contributed by atoms with E-state index in [4.69, 9.17) is 5.11 Å². The number of thiophene rings is 1. The highest BCUT2D eigenvalue weighted by atomic mass is 32.1. The second-order valence-corrected chi connectivity index (χ2v) is 6.28. The third kappa shape index (κ3) is 3.60. The van der Waals surface area contributed by atoms with Gasteiger partial charge < -0.3 is 10.4 Å². The molecule has 1 aromatic rings. The molecule has 1 atom stereocenters. The Morgan fingerprint density at radius 1 is 1.40 bits per heavy atom. The molecule has 2 rings (SSSR count). The number of aryl methyl sites for hydroxylation is 1. The van der Waals surface area contributed by atoms with Crippen molar-refractivity contribution in [1.29, 1.82) is 0 Å². The van der Waals surface area contributed by atoms with Gasteiger partial charge in [0.2, 0.25) is 0 Å². The van der Waals surface area contributed by atoms with Gasteiger partial charge in [-0.05, 0) is 37.7 Å². The number of carboxylic acid groups (broad SMARTS) is 1. The summed E-state index contributed by atoms with van der Waals surface area (Å²) in [5.41, 5.74) is 1.94. The number of carboxylic acids is 1. The van der Waals surface area contributed by atoms with Crippen molar-refractivity contribution in [2.45, 2.75) is 57.9 Å². The summed E-state index contributed by atoms with van der Waals surface area (Å²) >= 11 is 1.66. The van der Waals surface area contributed by atoms with Gasteiger partial charge in [0.1, 0.15) is 0 Å². The van der Waals surface area contributed by atoms with Crippen molar-refractivity contribution in [3.05, 3.63) is 21.4 Å². The molecule has 0 saturated carbocycles. The maximum atomic E-state index is 12.3. The van der Waals surface area contributed by atoms with Crippen molar-refractivity contribution in [2.24, 2.45) is 0 Å². The molecule has 4 nitrogen and oxygen atoms in total. The molecule has 1 amide bonds. The number of hydrogen-bond donors (Lipinski definition) is 2. The molecular formula is C15H21NO3S. The van der Waals surface area contributed by atoms with E-state index in [9.17, 15) is 9.59 Å². The summed E-state index contributed by atoms with van der Waals surface area (Å²) < 4.78 is 0. The minimum atomic E-state index is -0.865. The molecule has 0 fully saturated rings. The van der Waals surface area contributed by atoms with E-state index in [0.29, 0.717) is 6.42 Å². The Morgan fingerprint density at radius 3 is 2.85 bits per heavy atom. The van der Waals surface area contributed by atoms with Gasteiger partial charge in [0.05, 0.1) is 12.0 Å². The van der Waals surface area contributed by atoms with Crippen molar-refractivity contribution < 1.29 is 14.7 Å². The lowest BCUT2D eigenvalue weighted by atomic mass is 9.95. The van der Waals surface area contributed by atoms with Crippen LogP contribution >= 0.6 is 11.3 Å². The number of nitrogens with one attached hydrogen (secondary N) is 1. The average Bonchev–Trinajstić information content (AvgIpc) is 2.82. The van der Waals surface area contributed by atoms with Crippen LogP contribution in [0.1, 0.15) is 59.8 Å². The number of aliphatic carboxylic acids is 1. The van der Waals surface area contributed by atoms with Gasteiger partial charge in [0, 0.05) is 16.3 Å². The number of carbonyl (C=O) groups is 2. The van der Waals surface area contributed by atoms with Crippen molar-refractivity contribution in [3.8, 4) is 0 Å². The predicted octanol–water partition coefficient (Wildman–Crippen LogP) is 3.00. The summed E-state index contributed by atoms with van der Waals surface area (Å²) in [6, 6.07) is -0.274. The van der Waals surface area contributed by atoms with Crippen LogP contribution in [0.3, 0.4) is 0 Å². The zero-order chi connectivity index (χ0) is 14.5. The zero-order valence-corrected chi connectivity index (χ0v) is 12.6. The molecule has 1 unspecified atom stereocenters. The standard InChI is InChI=1S/C15H21NO3S/c1-2-5-10(8-14(17)18)16-15(19)12-9-20-13-7-4-3-6-11(12)13/h9-10H,2-8H2,1H3,(H,16,19)(H,17,18). The molecule has 0 aromatic carbocycles. The van der Waals surface area contributed by atoms with Gasteiger partial charge in [-0.2, -0.15) is 0 Å². The monoisotopic (exact) mass is 295 g/mol. The van der Waals surface area contributed by atoms with E-state index in [-0.39, 0.29) is 18.4 Å². The first-order chi connectivity index (χ1) is 9.61. The Labute approximate surface area is 123 Å². The third-order valence-electron chi connectivity index (χ3n) is 3.70. The van der Waals surface area contributed by atoms with E-state index in [1.54, 1.807) is 11.3 Å². The van der Waals surface area contributed by atoms with Crippen molar-refractivity contribution >= 4 is 23.2 Å². The van der Waals surface area contributed by atoms with Crippen LogP contribution in [-0.2, 0) is 17.6 Å². The average molecular weight is 295 g/mol. The zero-order valence-electron chi connectivity index (χ0n) is 11.8. The fraction of sp³-hybridized carbons (Fsp3) is 0.600. The van der Waals surface area contributed by atoms with Crippen LogP contribution in [0.5, 0.6) is 0 Å². The summed E-state index contributed by atoms with van der Waals surface area (Å²) in [5.74, 6) is -0.972. The Morgan fingerprint density at radius 2 is 2.15 bits per heavy atom. The first-order valence-electron chi connectivity index (χ1n) is 7.23. The summed E-state index contributed by atoms with van der Waals surface area (Å²) in [7, 11) is 0. The normalized spacial score (nSPS) is 15.4. The topological polar surface area (TPSA) is 66.4 Å². The van der Waals surface area contributed by atoms with Crippen LogP contribution in [0.2, 0.25) is 0 Å². The predicted molar refractivity (Wildman–Crippen MR) is 79.4 cm³/mol. The Bertz CT molecular complexity index is 495. The maximum absolute atomic E-state index is 12.3. The number of fused-ring (bicyclic) bond motifs is 1. The molecule has 0 aliphatic heterocycles. The van der Waals surface area contributed by atoms with Crippen LogP contribution in [0.4, 0.5) is 0 Å². The highest BCUT2D eigenvalue weighted by Gasteiger charge is 2.22. The van der Waals surface area contributed by atoms with Crippen molar-refractivity contribution in [3.63, 3.8) is 0 Å². The van der Waals surface area contributed by atoms with Crippen LogP contribution in [0.25, 0.3) is 0 Å². The van der Waals surface area contributed by atoms with E-state index in [1.165, 1.54) is 16.9 Å². The van der Waals surface area contributed by atoms with Gasteiger partial charge in [0.25, 0.3) is 5.91 Å². The minimum absolute atomic E-state index is 0.00803. The third-order valence-corrected chi connectivity index (χ3v) is 4.79. The second kappa shape index (κ2) is 6.88. The molecule has 1 aliphatic carbocycles.